The Bertz CT molecular complexity index is 1300. The number of halogens is 3. The van der Waals surface area contributed by atoms with E-state index in [0.717, 1.165) is 34.5 Å². The van der Waals surface area contributed by atoms with Crippen LogP contribution in [0.4, 0.5) is 24.5 Å². The molecule has 1 fully saturated rings. The number of alkyl halides is 3. The molecule has 1 amide bonds. The molecular formula is C30H32F3N3O3. The Morgan fingerprint density at radius 3 is 2.26 bits per heavy atom. The third-order valence-corrected chi connectivity index (χ3v) is 7.69. The maximum absolute atomic E-state index is 13.5. The number of ether oxygens (including phenoxy) is 2. The number of fused-ring (bicyclic) bond motifs is 3. The number of anilines is 2. The minimum absolute atomic E-state index is 0.141. The van der Waals surface area contributed by atoms with Gasteiger partial charge in [-0.1, -0.05) is 12.1 Å². The zero-order chi connectivity index (χ0) is 27.6. The van der Waals surface area contributed by atoms with Crippen LogP contribution < -0.4 is 24.6 Å². The summed E-state index contributed by atoms with van der Waals surface area (Å²) in [5.74, 6) is 0.898. The summed E-state index contributed by atoms with van der Waals surface area (Å²) in [4.78, 5) is 17.9. The van der Waals surface area contributed by atoms with E-state index >= 15 is 0 Å². The number of hydrogen-bond acceptors (Lipinski definition) is 5. The molecule has 3 aromatic rings. The van der Waals surface area contributed by atoms with Crippen LogP contribution in [0.5, 0.6) is 11.5 Å². The Morgan fingerprint density at radius 2 is 1.62 bits per heavy atom. The van der Waals surface area contributed by atoms with Crippen molar-refractivity contribution in [2.75, 3.05) is 50.2 Å². The number of hydrogen-bond donors (Lipinski definition) is 1. The number of piperazine rings is 1. The summed E-state index contributed by atoms with van der Waals surface area (Å²) in [5.41, 5.74) is 2.74. The third kappa shape index (κ3) is 5.77. The van der Waals surface area contributed by atoms with Gasteiger partial charge in [-0.3, -0.25) is 4.79 Å². The molecule has 6 nitrogen and oxygen atoms in total. The second-order valence-corrected chi connectivity index (χ2v) is 9.95. The largest absolute Gasteiger partial charge is 0.497 e. The van der Waals surface area contributed by atoms with Gasteiger partial charge in [0, 0.05) is 37.6 Å². The van der Waals surface area contributed by atoms with Gasteiger partial charge in [-0.2, -0.15) is 13.2 Å². The Balaban J connectivity index is 1.36. The number of carbonyl (C=O) groups excluding carboxylic acids is 1. The normalized spacial score (nSPS) is 18.7. The fourth-order valence-corrected chi connectivity index (χ4v) is 5.58. The van der Waals surface area contributed by atoms with Crippen molar-refractivity contribution < 1.29 is 27.4 Å². The molecule has 2 aliphatic heterocycles. The summed E-state index contributed by atoms with van der Waals surface area (Å²) >= 11 is 0. The number of nitrogens with zero attached hydrogens (tertiary/aromatic N) is 2. The molecule has 3 aromatic carbocycles. The second-order valence-electron chi connectivity index (χ2n) is 9.95. The molecule has 0 unspecified atom stereocenters. The van der Waals surface area contributed by atoms with Crippen molar-refractivity contribution in [3.05, 3.63) is 83.4 Å². The van der Waals surface area contributed by atoms with E-state index in [0.29, 0.717) is 38.2 Å². The highest BCUT2D eigenvalue weighted by Gasteiger charge is 2.42. The molecule has 2 heterocycles. The Morgan fingerprint density at radius 1 is 0.949 bits per heavy atom. The molecule has 9 heteroatoms. The Labute approximate surface area is 226 Å². The average molecular weight is 540 g/mol. The summed E-state index contributed by atoms with van der Waals surface area (Å²) < 4.78 is 51.0. The smallest absolute Gasteiger partial charge is 0.416 e. The molecule has 2 aliphatic rings. The van der Waals surface area contributed by atoms with E-state index in [1.165, 1.54) is 6.07 Å². The predicted molar refractivity (Wildman–Crippen MR) is 145 cm³/mol. The number of methoxy groups -OCH3 is 2. The second kappa shape index (κ2) is 11.1. The van der Waals surface area contributed by atoms with Crippen LogP contribution in [0, 0.1) is 5.92 Å². The van der Waals surface area contributed by atoms with Crippen molar-refractivity contribution in [2.24, 2.45) is 5.92 Å². The van der Waals surface area contributed by atoms with Crippen molar-refractivity contribution in [1.29, 1.82) is 0 Å². The minimum atomic E-state index is -4.44. The van der Waals surface area contributed by atoms with Crippen LogP contribution in [0.1, 0.15) is 16.7 Å². The summed E-state index contributed by atoms with van der Waals surface area (Å²) in [6.45, 7) is 2.31. The average Bonchev–Trinajstić information content (AvgIpc) is 2.96. The highest BCUT2D eigenvalue weighted by atomic mass is 19.4. The molecule has 0 bridgehead atoms. The lowest BCUT2D eigenvalue weighted by atomic mass is 9.82. The highest BCUT2D eigenvalue weighted by molar-refractivity contribution is 5.82. The molecule has 0 saturated carbocycles. The number of amides is 1. The molecule has 2 atom stereocenters. The van der Waals surface area contributed by atoms with E-state index < -0.39 is 17.7 Å². The van der Waals surface area contributed by atoms with E-state index in [1.54, 1.807) is 20.3 Å². The quantitative estimate of drug-likeness (QED) is 0.461. The van der Waals surface area contributed by atoms with Crippen LogP contribution in [0.25, 0.3) is 0 Å². The Hall–Kier alpha value is -3.88. The molecule has 1 saturated heterocycles. The molecule has 206 valence electrons. The molecule has 39 heavy (non-hydrogen) atoms. The van der Waals surface area contributed by atoms with Gasteiger partial charge in [-0.05, 0) is 78.6 Å². The molecule has 0 aliphatic carbocycles. The van der Waals surface area contributed by atoms with Crippen LogP contribution >= 0.6 is 0 Å². The van der Waals surface area contributed by atoms with Gasteiger partial charge in [0.1, 0.15) is 11.5 Å². The van der Waals surface area contributed by atoms with Crippen molar-refractivity contribution >= 4 is 17.3 Å². The maximum Gasteiger partial charge on any atom is 0.416 e. The predicted octanol–water partition coefficient (Wildman–Crippen LogP) is 4.95. The van der Waals surface area contributed by atoms with E-state index in [4.69, 9.17) is 9.47 Å². The first-order valence-corrected chi connectivity index (χ1v) is 13.0. The van der Waals surface area contributed by atoms with Crippen LogP contribution in [-0.4, -0.2) is 52.3 Å². The van der Waals surface area contributed by atoms with Crippen LogP contribution in [0.15, 0.2) is 66.7 Å². The molecule has 0 radical (unpaired) electrons. The van der Waals surface area contributed by atoms with Gasteiger partial charge in [0.05, 0.1) is 31.7 Å². The van der Waals surface area contributed by atoms with Gasteiger partial charge in [0.2, 0.25) is 5.91 Å². The van der Waals surface area contributed by atoms with Crippen LogP contribution in [0.3, 0.4) is 0 Å². The van der Waals surface area contributed by atoms with Gasteiger partial charge in [-0.15, -0.1) is 0 Å². The zero-order valence-corrected chi connectivity index (χ0v) is 22.0. The minimum Gasteiger partial charge on any atom is -0.497 e. The lowest BCUT2D eigenvalue weighted by molar-refractivity contribution is -0.137. The summed E-state index contributed by atoms with van der Waals surface area (Å²) in [6.07, 6.45) is -3.54. The van der Waals surface area contributed by atoms with E-state index in [2.05, 4.69) is 15.1 Å². The van der Waals surface area contributed by atoms with Crippen molar-refractivity contribution in [2.45, 2.75) is 25.1 Å². The number of nitrogens with one attached hydrogen (secondary N) is 1. The van der Waals surface area contributed by atoms with Gasteiger partial charge in [-0.25, -0.2) is 0 Å². The molecule has 0 spiro atoms. The van der Waals surface area contributed by atoms with E-state index in [1.807, 2.05) is 48.5 Å². The van der Waals surface area contributed by atoms with Gasteiger partial charge in [0.25, 0.3) is 0 Å². The molecular weight excluding hydrogens is 507 g/mol. The van der Waals surface area contributed by atoms with Gasteiger partial charge in [0.15, 0.2) is 0 Å². The number of benzene rings is 3. The standard InChI is InChI=1S/C30H32F3N3O3/c1-38-24-8-3-20(4-9-24)13-14-34-29(37)26-18-21-17-22(30(31,32)33)5-12-27(21)36-16-15-35(19-28(26)36)23-6-10-25(39-2)11-7-23/h3-12,17,26,28H,13-16,18-19H2,1-2H3,(H,34,37)/t26-,28+/m0/s1. The summed E-state index contributed by atoms with van der Waals surface area (Å²) in [7, 11) is 3.23. The van der Waals surface area contributed by atoms with Crippen molar-refractivity contribution in [3.63, 3.8) is 0 Å². The molecule has 0 aromatic heterocycles. The van der Waals surface area contributed by atoms with Gasteiger partial charge < -0.3 is 24.6 Å². The molecule has 5 rings (SSSR count). The lowest BCUT2D eigenvalue weighted by Crippen LogP contribution is -2.61. The summed E-state index contributed by atoms with van der Waals surface area (Å²) in [5, 5.41) is 3.05. The zero-order valence-electron chi connectivity index (χ0n) is 22.0. The van der Waals surface area contributed by atoms with Crippen LogP contribution in [0.2, 0.25) is 0 Å². The first kappa shape index (κ1) is 26.7. The number of rotatable bonds is 7. The van der Waals surface area contributed by atoms with Crippen molar-refractivity contribution in [3.8, 4) is 11.5 Å². The maximum atomic E-state index is 13.5. The third-order valence-electron chi connectivity index (χ3n) is 7.69. The van der Waals surface area contributed by atoms with Crippen LogP contribution in [-0.2, 0) is 23.8 Å². The van der Waals surface area contributed by atoms with E-state index in [-0.39, 0.29) is 18.4 Å². The molecule has 1 N–H and O–H groups in total. The Kier molecular flexibility index (Phi) is 7.59. The fraction of sp³-hybridized carbons (Fsp3) is 0.367. The monoisotopic (exact) mass is 539 g/mol. The number of carbonyl (C=O) groups is 1. The topological polar surface area (TPSA) is 54.0 Å². The summed E-state index contributed by atoms with van der Waals surface area (Å²) in [6, 6.07) is 19.2. The lowest BCUT2D eigenvalue weighted by Gasteiger charge is -2.49. The first-order chi connectivity index (χ1) is 18.8. The van der Waals surface area contributed by atoms with Crippen molar-refractivity contribution in [1.82, 2.24) is 5.32 Å². The first-order valence-electron chi connectivity index (χ1n) is 13.0. The fourth-order valence-electron chi connectivity index (χ4n) is 5.58. The highest BCUT2D eigenvalue weighted by Crippen LogP contribution is 2.40. The van der Waals surface area contributed by atoms with Gasteiger partial charge >= 0.3 is 6.18 Å². The van der Waals surface area contributed by atoms with E-state index in [9.17, 15) is 18.0 Å². The SMILES string of the molecule is COc1ccc(CCNC(=O)[C@H]2Cc3cc(C(F)(F)F)ccc3N3CCN(c4ccc(OC)cc4)C[C@H]23)cc1.